The summed E-state index contributed by atoms with van der Waals surface area (Å²) in [7, 11) is 2.98. The first-order valence-corrected chi connectivity index (χ1v) is 7.41. The molecule has 0 aromatic heterocycles. The van der Waals surface area contributed by atoms with Gasteiger partial charge in [0.05, 0.1) is 19.8 Å². The van der Waals surface area contributed by atoms with Crippen molar-refractivity contribution >= 4 is 18.4 Å². The summed E-state index contributed by atoms with van der Waals surface area (Å²) in [4.78, 5) is 11.7. The molecule has 0 saturated heterocycles. The SMILES string of the molecule is COC(=O)c1cccc([C@H]2C[C@@H](N)c3ccc(OC)cc3O2)c1.Cl. The second-order valence-corrected chi connectivity index (χ2v) is 5.47. The zero-order valence-corrected chi connectivity index (χ0v) is 14.3. The first-order chi connectivity index (χ1) is 11.1. The van der Waals surface area contributed by atoms with Crippen LogP contribution in [0.25, 0.3) is 0 Å². The van der Waals surface area contributed by atoms with Gasteiger partial charge in [-0.15, -0.1) is 12.4 Å². The predicted molar refractivity (Wildman–Crippen MR) is 92.9 cm³/mol. The van der Waals surface area contributed by atoms with Gasteiger partial charge in [-0.05, 0) is 23.8 Å². The molecule has 0 fully saturated rings. The van der Waals surface area contributed by atoms with Crippen LogP contribution >= 0.6 is 12.4 Å². The number of hydrogen-bond acceptors (Lipinski definition) is 5. The minimum atomic E-state index is -0.367. The van der Waals surface area contributed by atoms with E-state index in [2.05, 4.69) is 0 Å². The van der Waals surface area contributed by atoms with Crippen molar-refractivity contribution < 1.29 is 19.0 Å². The average molecular weight is 350 g/mol. The Morgan fingerprint density at radius 2 is 2.00 bits per heavy atom. The van der Waals surface area contributed by atoms with Crippen molar-refractivity contribution in [1.82, 2.24) is 0 Å². The number of nitrogens with two attached hydrogens (primary N) is 1. The summed E-state index contributed by atoms with van der Waals surface area (Å²) in [5.41, 5.74) is 8.64. The highest BCUT2D eigenvalue weighted by atomic mass is 35.5. The molecule has 6 heteroatoms. The summed E-state index contributed by atoms with van der Waals surface area (Å²) < 4.78 is 16.1. The fourth-order valence-electron chi connectivity index (χ4n) is 2.80. The van der Waals surface area contributed by atoms with Crippen molar-refractivity contribution in [3.8, 4) is 11.5 Å². The minimum absolute atomic E-state index is 0. The second-order valence-electron chi connectivity index (χ2n) is 5.47. The number of hydrogen-bond donors (Lipinski definition) is 1. The summed E-state index contributed by atoms with van der Waals surface area (Å²) in [6, 6.07) is 12.8. The fraction of sp³-hybridized carbons (Fsp3) is 0.278. The standard InChI is InChI=1S/C18H19NO4.ClH/c1-21-13-6-7-14-15(19)10-16(23-17(14)9-13)11-4-3-5-12(8-11)18(20)22-2;/h3-9,15-16H,10,19H2,1-2H3;1H/t15-,16-;/m1./s1. The first kappa shape index (κ1) is 18.1. The van der Waals surface area contributed by atoms with Crippen molar-refractivity contribution in [2.75, 3.05) is 14.2 Å². The van der Waals surface area contributed by atoms with Crippen LogP contribution in [0.2, 0.25) is 0 Å². The third-order valence-corrected chi connectivity index (χ3v) is 4.04. The largest absolute Gasteiger partial charge is 0.497 e. The number of carbonyl (C=O) groups excluding carboxylic acids is 1. The number of halogens is 1. The van der Waals surface area contributed by atoms with Gasteiger partial charge >= 0.3 is 5.97 Å². The van der Waals surface area contributed by atoms with E-state index in [4.69, 9.17) is 19.9 Å². The molecule has 0 bridgehead atoms. The molecule has 3 rings (SSSR count). The normalized spacial score (nSPS) is 18.6. The zero-order valence-electron chi connectivity index (χ0n) is 13.5. The highest BCUT2D eigenvalue weighted by molar-refractivity contribution is 5.89. The van der Waals surface area contributed by atoms with Gasteiger partial charge in [-0.2, -0.15) is 0 Å². The van der Waals surface area contributed by atoms with Crippen LogP contribution in [0, 0.1) is 0 Å². The van der Waals surface area contributed by atoms with Crippen LogP contribution in [0.1, 0.15) is 40.1 Å². The monoisotopic (exact) mass is 349 g/mol. The zero-order chi connectivity index (χ0) is 16.4. The van der Waals surface area contributed by atoms with Gasteiger partial charge in [-0.3, -0.25) is 0 Å². The molecule has 5 nitrogen and oxygen atoms in total. The third-order valence-electron chi connectivity index (χ3n) is 4.04. The van der Waals surface area contributed by atoms with E-state index in [1.165, 1.54) is 7.11 Å². The number of methoxy groups -OCH3 is 2. The number of rotatable bonds is 3. The summed E-state index contributed by atoms with van der Waals surface area (Å²) in [6.07, 6.45) is 0.429. The van der Waals surface area contributed by atoms with E-state index in [1.807, 2.05) is 30.3 Å². The Hall–Kier alpha value is -2.24. The highest BCUT2D eigenvalue weighted by Crippen LogP contribution is 2.41. The van der Waals surface area contributed by atoms with Crippen molar-refractivity contribution in [2.45, 2.75) is 18.6 Å². The maximum absolute atomic E-state index is 11.7. The minimum Gasteiger partial charge on any atom is -0.497 e. The van der Waals surface area contributed by atoms with Crippen molar-refractivity contribution in [2.24, 2.45) is 5.73 Å². The maximum atomic E-state index is 11.7. The van der Waals surface area contributed by atoms with E-state index in [0.29, 0.717) is 12.0 Å². The Kier molecular flexibility index (Phi) is 5.70. The van der Waals surface area contributed by atoms with E-state index in [0.717, 1.165) is 22.6 Å². The Morgan fingerprint density at radius 1 is 1.21 bits per heavy atom. The lowest BCUT2D eigenvalue weighted by molar-refractivity contribution is 0.0600. The molecule has 1 aliphatic heterocycles. The topological polar surface area (TPSA) is 70.8 Å². The second kappa shape index (κ2) is 7.55. The lowest BCUT2D eigenvalue weighted by atomic mass is 9.93. The Bertz CT molecular complexity index is 735. The van der Waals surface area contributed by atoms with Gasteiger partial charge in [0.25, 0.3) is 0 Å². The molecule has 2 N–H and O–H groups in total. The van der Waals surface area contributed by atoms with Crippen LogP contribution in [-0.2, 0) is 4.74 Å². The number of carbonyl (C=O) groups is 1. The van der Waals surface area contributed by atoms with Gasteiger partial charge in [-0.25, -0.2) is 4.79 Å². The van der Waals surface area contributed by atoms with Gasteiger partial charge < -0.3 is 19.9 Å². The molecule has 2 atom stereocenters. The van der Waals surface area contributed by atoms with Gasteiger partial charge in [0.15, 0.2) is 0 Å². The van der Waals surface area contributed by atoms with E-state index in [-0.39, 0.29) is 30.5 Å². The predicted octanol–water partition coefficient (Wildman–Crippen LogP) is 3.43. The molecule has 24 heavy (non-hydrogen) atoms. The van der Waals surface area contributed by atoms with Crippen molar-refractivity contribution in [3.05, 3.63) is 59.2 Å². The Balaban J connectivity index is 0.00000208. The number of esters is 1. The summed E-state index contributed by atoms with van der Waals surface area (Å²) >= 11 is 0. The van der Waals surface area contributed by atoms with Crippen molar-refractivity contribution in [3.63, 3.8) is 0 Å². The molecular weight excluding hydrogens is 330 g/mol. The molecule has 0 aliphatic carbocycles. The smallest absolute Gasteiger partial charge is 0.337 e. The molecule has 0 saturated carbocycles. The molecule has 0 spiro atoms. The van der Waals surface area contributed by atoms with Crippen LogP contribution in [0.3, 0.4) is 0 Å². The summed E-state index contributed by atoms with van der Waals surface area (Å²) in [6.45, 7) is 0. The molecule has 2 aromatic carbocycles. The first-order valence-electron chi connectivity index (χ1n) is 7.41. The number of ether oxygens (including phenoxy) is 3. The van der Waals surface area contributed by atoms with Gasteiger partial charge in [0.1, 0.15) is 17.6 Å². The van der Waals surface area contributed by atoms with Gasteiger partial charge in [-0.1, -0.05) is 18.2 Å². The van der Waals surface area contributed by atoms with Crippen LogP contribution < -0.4 is 15.2 Å². The van der Waals surface area contributed by atoms with Crippen molar-refractivity contribution in [1.29, 1.82) is 0 Å². The van der Waals surface area contributed by atoms with Crippen LogP contribution in [0.4, 0.5) is 0 Å². The lowest BCUT2D eigenvalue weighted by Gasteiger charge is -2.31. The van der Waals surface area contributed by atoms with Crippen LogP contribution in [0.5, 0.6) is 11.5 Å². The number of benzene rings is 2. The van der Waals surface area contributed by atoms with Crippen LogP contribution in [-0.4, -0.2) is 20.2 Å². The highest BCUT2D eigenvalue weighted by Gasteiger charge is 2.28. The van der Waals surface area contributed by atoms with Gasteiger partial charge in [0, 0.05) is 24.1 Å². The summed E-state index contributed by atoms with van der Waals surface area (Å²) in [5.74, 6) is 1.07. The Labute approximate surface area is 147 Å². The lowest BCUT2D eigenvalue weighted by Crippen LogP contribution is -2.24. The van der Waals surface area contributed by atoms with E-state index in [9.17, 15) is 4.79 Å². The fourth-order valence-corrected chi connectivity index (χ4v) is 2.80. The van der Waals surface area contributed by atoms with Crippen LogP contribution in [0.15, 0.2) is 42.5 Å². The Morgan fingerprint density at radius 3 is 2.71 bits per heavy atom. The molecule has 0 unspecified atom stereocenters. The van der Waals surface area contributed by atoms with E-state index >= 15 is 0 Å². The average Bonchev–Trinajstić information content (AvgIpc) is 2.60. The van der Waals surface area contributed by atoms with E-state index in [1.54, 1.807) is 19.2 Å². The third kappa shape index (κ3) is 3.47. The molecule has 1 heterocycles. The van der Waals surface area contributed by atoms with Gasteiger partial charge in [0.2, 0.25) is 0 Å². The summed E-state index contributed by atoms with van der Waals surface area (Å²) in [5, 5.41) is 0. The quantitative estimate of drug-likeness (QED) is 0.860. The molecular formula is C18H20ClNO4. The maximum Gasteiger partial charge on any atom is 0.337 e. The van der Waals surface area contributed by atoms with E-state index < -0.39 is 0 Å². The number of fused-ring (bicyclic) bond motifs is 1. The molecule has 1 aliphatic rings. The molecule has 0 amide bonds. The molecule has 2 aromatic rings. The molecule has 128 valence electrons. The molecule has 0 radical (unpaired) electrons.